The van der Waals surface area contributed by atoms with Gasteiger partial charge in [0.2, 0.25) is 0 Å². The van der Waals surface area contributed by atoms with Crippen LogP contribution in [-0.4, -0.2) is 9.78 Å². The van der Waals surface area contributed by atoms with Gasteiger partial charge in [-0.2, -0.15) is 5.10 Å². The average molecular weight is 157 g/mol. The molecule has 0 unspecified atom stereocenters. The molecule has 2 heteroatoms. The fourth-order valence-electron chi connectivity index (χ4n) is 1.07. The Kier molecular flexibility index (Phi) is 1.67. The molecule has 1 aromatic carbocycles. The number of hydrogen-bond donors (Lipinski definition) is 0. The number of nitrogens with zero attached hydrogens (tertiary/aromatic N) is 2. The van der Waals surface area contributed by atoms with E-state index in [9.17, 15) is 0 Å². The molecule has 12 heavy (non-hydrogen) atoms. The first-order chi connectivity index (χ1) is 5.86. The van der Waals surface area contributed by atoms with Crippen LogP contribution in [0.25, 0.3) is 5.69 Å². The van der Waals surface area contributed by atoms with Crippen LogP contribution >= 0.6 is 0 Å². The quantitative estimate of drug-likeness (QED) is 0.619. The largest absolute Gasteiger partial charge is 0.231 e. The maximum absolute atomic E-state index is 4.24. The van der Waals surface area contributed by atoms with E-state index >= 15 is 0 Å². The Morgan fingerprint density at radius 2 is 2.00 bits per heavy atom. The number of para-hydroxylation sites is 1. The zero-order valence-corrected chi connectivity index (χ0v) is 6.86. The number of rotatable bonds is 1. The minimum absolute atomic E-state index is 0.985. The van der Waals surface area contributed by atoms with Crippen LogP contribution in [0.2, 0.25) is 0 Å². The van der Waals surface area contributed by atoms with Gasteiger partial charge in [-0.3, -0.25) is 0 Å². The van der Waals surface area contributed by atoms with Gasteiger partial charge in [0.25, 0.3) is 0 Å². The molecule has 2 rings (SSSR count). The second-order valence-electron chi connectivity index (χ2n) is 2.66. The van der Waals surface area contributed by atoms with Crippen LogP contribution in [-0.2, 0) is 0 Å². The first-order valence-electron chi connectivity index (χ1n) is 3.86. The predicted molar refractivity (Wildman–Crippen MR) is 47.1 cm³/mol. The lowest BCUT2D eigenvalue weighted by molar-refractivity contribution is 0.857. The molecule has 1 heterocycles. The summed E-state index contributed by atoms with van der Waals surface area (Å²) in [5.41, 5.74) is 2.03. The smallest absolute Gasteiger partial charge is 0.0929 e. The third kappa shape index (κ3) is 1.23. The molecule has 0 amide bonds. The Hall–Kier alpha value is -1.57. The molecule has 0 bridgehead atoms. The topological polar surface area (TPSA) is 17.8 Å². The summed E-state index contributed by atoms with van der Waals surface area (Å²) in [6.45, 7) is 1.95. The molecule has 0 aliphatic carbocycles. The van der Waals surface area contributed by atoms with Gasteiger partial charge >= 0.3 is 0 Å². The zero-order valence-electron chi connectivity index (χ0n) is 6.86. The van der Waals surface area contributed by atoms with E-state index < -0.39 is 0 Å². The molecule has 1 radical (unpaired) electrons. The van der Waals surface area contributed by atoms with Crippen LogP contribution in [0.15, 0.2) is 36.4 Å². The Morgan fingerprint density at radius 1 is 1.25 bits per heavy atom. The molecule has 0 saturated carbocycles. The predicted octanol–water partition coefficient (Wildman–Crippen LogP) is 1.98. The van der Waals surface area contributed by atoms with Gasteiger partial charge in [-0.25, -0.2) is 4.68 Å². The second-order valence-corrected chi connectivity index (χ2v) is 2.66. The summed E-state index contributed by atoms with van der Waals surface area (Å²) in [4.78, 5) is 0. The van der Waals surface area contributed by atoms with Gasteiger partial charge in [0.05, 0.1) is 17.6 Å². The van der Waals surface area contributed by atoms with Crippen molar-refractivity contribution in [3.63, 3.8) is 0 Å². The first-order valence-corrected chi connectivity index (χ1v) is 3.86. The molecule has 0 aliphatic heterocycles. The highest BCUT2D eigenvalue weighted by molar-refractivity contribution is 5.29. The SMILES string of the molecule is Cc1c[c]n(-c2ccccc2)n1. The summed E-state index contributed by atoms with van der Waals surface area (Å²) in [6.07, 6.45) is 3.03. The first kappa shape index (κ1) is 7.10. The average Bonchev–Trinajstić information content (AvgIpc) is 2.54. The van der Waals surface area contributed by atoms with Crippen molar-refractivity contribution < 1.29 is 0 Å². The third-order valence-electron chi connectivity index (χ3n) is 1.65. The molecule has 0 spiro atoms. The zero-order chi connectivity index (χ0) is 8.39. The summed E-state index contributed by atoms with van der Waals surface area (Å²) < 4.78 is 1.75. The van der Waals surface area contributed by atoms with Gasteiger partial charge in [-0.15, -0.1) is 0 Å². The molecule has 2 nitrogen and oxygen atoms in total. The molecule has 0 fully saturated rings. The van der Waals surface area contributed by atoms with Crippen molar-refractivity contribution in [2.24, 2.45) is 0 Å². The van der Waals surface area contributed by atoms with E-state index in [4.69, 9.17) is 0 Å². The Labute approximate surface area is 71.5 Å². The van der Waals surface area contributed by atoms with Crippen LogP contribution in [0.1, 0.15) is 5.69 Å². The van der Waals surface area contributed by atoms with E-state index in [-0.39, 0.29) is 0 Å². The maximum Gasteiger partial charge on any atom is 0.0929 e. The van der Waals surface area contributed by atoms with E-state index in [1.54, 1.807) is 4.68 Å². The highest BCUT2D eigenvalue weighted by Gasteiger charge is 1.95. The number of aromatic nitrogens is 2. The van der Waals surface area contributed by atoms with Gasteiger partial charge in [-0.1, -0.05) is 18.2 Å². The van der Waals surface area contributed by atoms with Gasteiger partial charge in [0.1, 0.15) is 0 Å². The van der Waals surface area contributed by atoms with Crippen LogP contribution in [0.4, 0.5) is 0 Å². The van der Waals surface area contributed by atoms with Crippen molar-refractivity contribution in [1.82, 2.24) is 9.78 Å². The van der Waals surface area contributed by atoms with E-state index in [0.29, 0.717) is 0 Å². The van der Waals surface area contributed by atoms with Gasteiger partial charge in [0, 0.05) is 0 Å². The van der Waals surface area contributed by atoms with E-state index in [2.05, 4.69) is 11.3 Å². The van der Waals surface area contributed by atoms with Crippen LogP contribution < -0.4 is 0 Å². The Bertz CT molecular complexity index is 362. The minimum atomic E-state index is 0.985. The summed E-state index contributed by atoms with van der Waals surface area (Å²) in [7, 11) is 0. The summed E-state index contributed by atoms with van der Waals surface area (Å²) in [6, 6.07) is 11.8. The summed E-state index contributed by atoms with van der Waals surface area (Å²) in [5, 5.41) is 4.24. The number of hydrogen-bond acceptors (Lipinski definition) is 1. The highest BCUT2D eigenvalue weighted by atomic mass is 15.3. The standard InChI is InChI=1S/C10H9N2/c1-9-7-8-12(11-9)10-5-3-2-4-6-10/h2-7H,1H3. The lowest BCUT2D eigenvalue weighted by atomic mass is 10.3. The lowest BCUT2D eigenvalue weighted by Crippen LogP contribution is -1.93. The molecule has 0 atom stereocenters. The molecule has 59 valence electrons. The molecule has 0 aliphatic rings. The minimum Gasteiger partial charge on any atom is -0.231 e. The summed E-state index contributed by atoms with van der Waals surface area (Å²) in [5.74, 6) is 0. The monoisotopic (exact) mass is 157 g/mol. The second kappa shape index (κ2) is 2.81. The molecular formula is C10H9N2. The van der Waals surface area contributed by atoms with Crippen molar-refractivity contribution in [2.45, 2.75) is 6.92 Å². The van der Waals surface area contributed by atoms with Crippen LogP contribution in [0, 0.1) is 13.1 Å². The summed E-state index contributed by atoms with van der Waals surface area (Å²) >= 11 is 0. The van der Waals surface area contributed by atoms with Crippen molar-refractivity contribution >= 4 is 0 Å². The van der Waals surface area contributed by atoms with Crippen LogP contribution in [0.3, 0.4) is 0 Å². The van der Waals surface area contributed by atoms with Crippen molar-refractivity contribution in [1.29, 1.82) is 0 Å². The maximum atomic E-state index is 4.24. The van der Waals surface area contributed by atoms with E-state index in [0.717, 1.165) is 11.4 Å². The Balaban J connectivity index is 2.45. The van der Waals surface area contributed by atoms with Gasteiger partial charge in [0.15, 0.2) is 0 Å². The lowest BCUT2D eigenvalue weighted by Gasteiger charge is -1.97. The van der Waals surface area contributed by atoms with Crippen LogP contribution in [0.5, 0.6) is 0 Å². The van der Waals surface area contributed by atoms with Gasteiger partial charge < -0.3 is 0 Å². The number of aryl methyl sites for hydroxylation is 1. The normalized spacial score (nSPS) is 10.1. The molecule has 0 N–H and O–H groups in total. The van der Waals surface area contributed by atoms with Crippen molar-refractivity contribution in [3.8, 4) is 5.69 Å². The fourth-order valence-corrected chi connectivity index (χ4v) is 1.07. The molecular weight excluding hydrogens is 148 g/mol. The molecule has 0 saturated heterocycles. The van der Waals surface area contributed by atoms with E-state index in [1.165, 1.54) is 0 Å². The highest BCUT2D eigenvalue weighted by Crippen LogP contribution is 2.04. The van der Waals surface area contributed by atoms with Crippen molar-refractivity contribution in [2.75, 3.05) is 0 Å². The molecule has 1 aromatic heterocycles. The van der Waals surface area contributed by atoms with Crippen molar-refractivity contribution in [3.05, 3.63) is 48.3 Å². The van der Waals surface area contributed by atoms with E-state index in [1.807, 2.05) is 43.3 Å². The van der Waals surface area contributed by atoms with Gasteiger partial charge in [-0.05, 0) is 25.1 Å². The Morgan fingerprint density at radius 3 is 2.58 bits per heavy atom. The number of benzene rings is 1. The third-order valence-corrected chi connectivity index (χ3v) is 1.65. The fraction of sp³-hybridized carbons (Fsp3) is 0.100. The molecule has 2 aromatic rings.